The van der Waals surface area contributed by atoms with Crippen molar-refractivity contribution in [2.45, 2.75) is 0 Å². The number of aromatic hydroxyl groups is 2. The lowest BCUT2D eigenvalue weighted by atomic mass is 10.2. The molecule has 0 unspecified atom stereocenters. The van der Waals surface area contributed by atoms with E-state index >= 15 is 0 Å². The van der Waals surface area contributed by atoms with Crippen LogP contribution < -0.4 is 14.9 Å². The highest BCUT2D eigenvalue weighted by Crippen LogP contribution is 2.35. The van der Waals surface area contributed by atoms with E-state index in [1.165, 1.54) is 25.5 Å². The van der Waals surface area contributed by atoms with Gasteiger partial charge in [0.25, 0.3) is 5.91 Å². The number of carbonyl (C=O) groups is 1. The van der Waals surface area contributed by atoms with Crippen molar-refractivity contribution >= 4 is 28.1 Å². The molecule has 0 saturated heterocycles. The Hall–Kier alpha value is -2.74. The number of amides is 1. The first-order valence-electron chi connectivity index (χ1n) is 6.80. The topological polar surface area (TPSA) is 100 Å². The fourth-order valence-corrected chi connectivity index (χ4v) is 2.14. The lowest BCUT2D eigenvalue weighted by Gasteiger charge is -2.06. The van der Waals surface area contributed by atoms with E-state index in [0.717, 1.165) is 4.47 Å². The number of methoxy groups -OCH3 is 1. The standard InChI is InChI=1S/C16H15BrN2O5/c1-23-14-6-10(5-13(20)16(14)22)8-18-19-15(21)9-24-12-4-2-3-11(17)7-12/h2-8,20,22H,9H2,1H3,(H,19,21)/b18-8+. The Balaban J connectivity index is 1.89. The molecule has 3 N–H and O–H groups in total. The molecule has 126 valence electrons. The number of ether oxygens (including phenoxy) is 2. The Bertz CT molecular complexity index is 764. The number of halogens is 1. The van der Waals surface area contributed by atoms with Crippen LogP contribution in [0.4, 0.5) is 0 Å². The van der Waals surface area contributed by atoms with E-state index in [2.05, 4.69) is 26.5 Å². The van der Waals surface area contributed by atoms with Crippen LogP contribution in [-0.2, 0) is 4.79 Å². The average molecular weight is 395 g/mol. The number of nitrogens with zero attached hydrogens (tertiary/aromatic N) is 1. The molecule has 1 amide bonds. The molecule has 0 aliphatic heterocycles. The molecule has 2 aromatic carbocycles. The minimum Gasteiger partial charge on any atom is -0.504 e. The Labute approximate surface area is 146 Å². The van der Waals surface area contributed by atoms with Crippen molar-refractivity contribution in [2.75, 3.05) is 13.7 Å². The van der Waals surface area contributed by atoms with Crippen LogP contribution in [0.2, 0.25) is 0 Å². The Morgan fingerprint density at radius 2 is 2.12 bits per heavy atom. The summed E-state index contributed by atoms with van der Waals surface area (Å²) in [6.07, 6.45) is 1.30. The summed E-state index contributed by atoms with van der Waals surface area (Å²) in [5.74, 6) is -0.500. The Morgan fingerprint density at radius 1 is 1.33 bits per heavy atom. The molecular formula is C16H15BrN2O5. The second-order valence-electron chi connectivity index (χ2n) is 4.63. The third kappa shape index (κ3) is 4.88. The van der Waals surface area contributed by atoms with Crippen LogP contribution in [0.5, 0.6) is 23.0 Å². The predicted molar refractivity (Wildman–Crippen MR) is 91.7 cm³/mol. The van der Waals surface area contributed by atoms with Gasteiger partial charge in [0.15, 0.2) is 18.1 Å². The van der Waals surface area contributed by atoms with Gasteiger partial charge >= 0.3 is 0 Å². The summed E-state index contributed by atoms with van der Waals surface area (Å²) in [7, 11) is 1.36. The molecule has 24 heavy (non-hydrogen) atoms. The summed E-state index contributed by atoms with van der Waals surface area (Å²) in [6.45, 7) is -0.196. The van der Waals surface area contributed by atoms with Gasteiger partial charge in [-0.2, -0.15) is 5.10 Å². The second-order valence-corrected chi connectivity index (χ2v) is 5.55. The van der Waals surface area contributed by atoms with Gasteiger partial charge in [-0.15, -0.1) is 0 Å². The summed E-state index contributed by atoms with van der Waals surface area (Å²) in [6, 6.07) is 9.85. The molecule has 8 heteroatoms. The third-order valence-electron chi connectivity index (χ3n) is 2.87. The van der Waals surface area contributed by atoms with Crippen LogP contribution in [0.1, 0.15) is 5.56 Å². The summed E-state index contributed by atoms with van der Waals surface area (Å²) in [5, 5.41) is 22.8. The SMILES string of the molecule is COc1cc(/C=N/NC(=O)COc2cccc(Br)c2)cc(O)c1O. The highest BCUT2D eigenvalue weighted by Gasteiger charge is 2.08. The van der Waals surface area contributed by atoms with E-state index in [0.29, 0.717) is 11.3 Å². The number of hydrazone groups is 1. The number of hydrogen-bond donors (Lipinski definition) is 3. The zero-order valence-corrected chi connectivity index (χ0v) is 14.3. The average Bonchev–Trinajstić information content (AvgIpc) is 2.56. The van der Waals surface area contributed by atoms with Crippen LogP contribution in [0, 0.1) is 0 Å². The van der Waals surface area contributed by atoms with Gasteiger partial charge in [0.2, 0.25) is 5.75 Å². The summed E-state index contributed by atoms with van der Waals surface area (Å²) in [5.41, 5.74) is 2.74. The molecule has 2 aromatic rings. The molecule has 0 heterocycles. The maximum atomic E-state index is 11.7. The van der Waals surface area contributed by atoms with Crippen LogP contribution in [0.3, 0.4) is 0 Å². The van der Waals surface area contributed by atoms with Gasteiger partial charge in [-0.3, -0.25) is 4.79 Å². The van der Waals surface area contributed by atoms with Gasteiger partial charge in [-0.1, -0.05) is 22.0 Å². The Kier molecular flexibility index (Phi) is 6.02. The zero-order valence-electron chi connectivity index (χ0n) is 12.7. The lowest BCUT2D eigenvalue weighted by molar-refractivity contribution is -0.123. The van der Waals surface area contributed by atoms with Crippen LogP contribution in [0.25, 0.3) is 0 Å². The van der Waals surface area contributed by atoms with Gasteiger partial charge in [0, 0.05) is 10.0 Å². The minimum absolute atomic E-state index is 0.0979. The number of nitrogens with one attached hydrogen (secondary N) is 1. The molecule has 0 aliphatic rings. The number of benzene rings is 2. The summed E-state index contributed by atoms with van der Waals surface area (Å²) in [4.78, 5) is 11.7. The highest BCUT2D eigenvalue weighted by molar-refractivity contribution is 9.10. The molecule has 0 saturated carbocycles. The van der Waals surface area contributed by atoms with Crippen molar-refractivity contribution in [3.8, 4) is 23.0 Å². The van der Waals surface area contributed by atoms with Crippen molar-refractivity contribution in [3.63, 3.8) is 0 Å². The van der Waals surface area contributed by atoms with Gasteiger partial charge in [0.1, 0.15) is 5.75 Å². The fraction of sp³-hybridized carbons (Fsp3) is 0.125. The second kappa shape index (κ2) is 8.21. The fourth-order valence-electron chi connectivity index (χ4n) is 1.76. The quantitative estimate of drug-likeness (QED) is 0.396. The minimum atomic E-state index is -0.443. The van der Waals surface area contributed by atoms with Crippen molar-refractivity contribution in [1.29, 1.82) is 0 Å². The van der Waals surface area contributed by atoms with Gasteiger partial charge in [-0.05, 0) is 30.3 Å². The molecule has 0 atom stereocenters. The van der Waals surface area contributed by atoms with E-state index in [1.54, 1.807) is 18.2 Å². The maximum absolute atomic E-state index is 11.7. The number of carbonyl (C=O) groups excluding carboxylic acids is 1. The van der Waals surface area contributed by atoms with E-state index in [1.807, 2.05) is 6.07 Å². The first kappa shape index (κ1) is 17.6. The lowest BCUT2D eigenvalue weighted by Crippen LogP contribution is -2.24. The number of hydrogen-bond acceptors (Lipinski definition) is 6. The van der Waals surface area contributed by atoms with Crippen molar-refractivity contribution in [3.05, 3.63) is 46.4 Å². The molecule has 0 aliphatic carbocycles. The van der Waals surface area contributed by atoms with E-state index in [9.17, 15) is 15.0 Å². The predicted octanol–water partition coefficient (Wildman–Crippen LogP) is 2.40. The molecule has 7 nitrogen and oxygen atoms in total. The highest BCUT2D eigenvalue weighted by atomic mass is 79.9. The first-order valence-corrected chi connectivity index (χ1v) is 7.59. The number of phenols is 2. The monoisotopic (exact) mass is 394 g/mol. The van der Waals surface area contributed by atoms with E-state index in [4.69, 9.17) is 9.47 Å². The van der Waals surface area contributed by atoms with Gasteiger partial charge in [0.05, 0.1) is 13.3 Å². The van der Waals surface area contributed by atoms with Crippen LogP contribution >= 0.6 is 15.9 Å². The molecule has 0 spiro atoms. The maximum Gasteiger partial charge on any atom is 0.277 e. The van der Waals surface area contributed by atoms with Crippen LogP contribution in [0.15, 0.2) is 46.0 Å². The molecule has 0 aromatic heterocycles. The number of phenolic OH excluding ortho intramolecular Hbond substituents is 2. The van der Waals surface area contributed by atoms with E-state index in [-0.39, 0.29) is 23.9 Å². The van der Waals surface area contributed by atoms with Crippen molar-refractivity contribution < 1.29 is 24.5 Å². The molecule has 0 fully saturated rings. The summed E-state index contributed by atoms with van der Waals surface area (Å²) < 4.78 is 11.1. The molecule has 0 bridgehead atoms. The Morgan fingerprint density at radius 3 is 2.83 bits per heavy atom. The first-order chi connectivity index (χ1) is 11.5. The molecular weight excluding hydrogens is 380 g/mol. The number of rotatable bonds is 6. The molecule has 2 rings (SSSR count). The summed E-state index contributed by atoms with van der Waals surface area (Å²) >= 11 is 3.31. The normalized spacial score (nSPS) is 10.6. The third-order valence-corrected chi connectivity index (χ3v) is 3.36. The largest absolute Gasteiger partial charge is 0.504 e. The van der Waals surface area contributed by atoms with Crippen LogP contribution in [-0.4, -0.2) is 36.1 Å². The van der Waals surface area contributed by atoms with E-state index < -0.39 is 5.91 Å². The van der Waals surface area contributed by atoms with Gasteiger partial charge in [-0.25, -0.2) is 5.43 Å². The zero-order chi connectivity index (χ0) is 17.5. The van der Waals surface area contributed by atoms with Crippen molar-refractivity contribution in [1.82, 2.24) is 5.43 Å². The molecule has 0 radical (unpaired) electrons. The van der Waals surface area contributed by atoms with Gasteiger partial charge < -0.3 is 19.7 Å². The van der Waals surface area contributed by atoms with Crippen molar-refractivity contribution in [2.24, 2.45) is 5.10 Å². The smallest absolute Gasteiger partial charge is 0.277 e.